The topological polar surface area (TPSA) is 0 Å². The van der Waals surface area contributed by atoms with E-state index in [1.165, 1.54) is 24.3 Å². The molecular weight excluding hydrogens is 1130 g/mol. The fourth-order valence-electron chi connectivity index (χ4n) is 7.35. The Hall–Kier alpha value is -4.26. The molecule has 0 unspecified atom stereocenters. The summed E-state index contributed by atoms with van der Waals surface area (Å²) in [6.45, 7) is 12.6. The van der Waals surface area contributed by atoms with Crippen molar-refractivity contribution in [1.82, 2.24) is 0 Å². The Morgan fingerprint density at radius 2 is 0.528 bits per heavy atom. The van der Waals surface area contributed by atoms with Gasteiger partial charge in [0.05, 0.1) is 0 Å². The van der Waals surface area contributed by atoms with Gasteiger partial charge in [-0.05, 0) is 46.5 Å². The molecule has 0 N–H and O–H groups in total. The van der Waals surface area contributed by atoms with Crippen LogP contribution in [0, 0.1) is 47.6 Å². The molecule has 0 radical (unpaired) electrons. The van der Waals surface area contributed by atoms with Gasteiger partial charge < -0.3 is 24.8 Å². The maximum Gasteiger partial charge on any atom is -1.00 e. The molecule has 4 aliphatic rings. The van der Waals surface area contributed by atoms with Gasteiger partial charge in [-0.1, -0.05) is 100 Å². The molecule has 0 saturated carbocycles. The predicted molar refractivity (Wildman–Crippen MR) is 281 cm³/mol. The summed E-state index contributed by atoms with van der Waals surface area (Å²) in [7, 11) is 0. The number of rotatable bonds is 6. The van der Waals surface area contributed by atoms with Crippen LogP contribution in [-0.4, -0.2) is 10.9 Å². The Kier molecular flexibility index (Phi) is 28.3. The Morgan fingerprint density at radius 1 is 0.333 bits per heavy atom. The van der Waals surface area contributed by atoms with Crippen LogP contribution in [0.5, 0.6) is 0 Å². The van der Waals surface area contributed by atoms with Crippen molar-refractivity contribution in [2.75, 3.05) is 0 Å². The van der Waals surface area contributed by atoms with Crippen LogP contribution in [0.1, 0.15) is 75.6 Å². The normalized spacial score (nSPS) is 13.5. The van der Waals surface area contributed by atoms with Gasteiger partial charge in [0, 0.05) is 0 Å². The van der Waals surface area contributed by atoms with Crippen molar-refractivity contribution in [1.29, 1.82) is 0 Å². The molecule has 0 bridgehead atoms. The molecule has 10 heteroatoms. The molecular formula is C62H56Cl2F4Si2Zr2-2. The first-order valence-corrected chi connectivity index (χ1v) is 34.4. The SMILES string of the molecule is CC1=[C-]CC(c2ccccc2F)=C1.CC1=[C-]CC(c2ccccc2F)=C1.CC1=[C-]CC(c2ccccc2F)=C1.CC1=[C-]CC(c2ccccc2F)=C1.C[Si](=[Zr+2])c1ccccc1.C[Si](=[Zr+2])c1ccccc1.[Cl-].[Cl-]. The zero-order valence-electron chi connectivity index (χ0n) is 41.4. The van der Waals surface area contributed by atoms with Crippen molar-refractivity contribution in [2.45, 2.75) is 66.5 Å². The van der Waals surface area contributed by atoms with Crippen molar-refractivity contribution in [2.24, 2.45) is 0 Å². The minimum absolute atomic E-state index is 0. The third-order valence-corrected chi connectivity index (χ3v) is 17.7. The summed E-state index contributed by atoms with van der Waals surface area (Å²) >= 11 is 3.38. The van der Waals surface area contributed by atoms with Crippen molar-refractivity contribution >= 4 is 43.5 Å². The van der Waals surface area contributed by atoms with Gasteiger partial charge in [-0.2, -0.15) is 0 Å². The van der Waals surface area contributed by atoms with E-state index in [2.05, 4.69) is 98.1 Å². The molecule has 0 atom stereocenters. The summed E-state index contributed by atoms with van der Waals surface area (Å²) in [5, 5.41) is 3.11. The van der Waals surface area contributed by atoms with Crippen LogP contribution in [0.2, 0.25) is 13.1 Å². The number of hydrogen-bond donors (Lipinski definition) is 0. The Balaban J connectivity index is 0.000000228. The first-order valence-electron chi connectivity index (χ1n) is 23.0. The first kappa shape index (κ1) is 62.0. The number of allylic oxidation sites excluding steroid dienone is 16. The summed E-state index contributed by atoms with van der Waals surface area (Å²) in [4.78, 5) is 0. The third kappa shape index (κ3) is 20.6. The standard InChI is InChI=1S/4C12H10F.2C7H8Si.2ClH.2Zr/c4*1-9-6-7-10(8-9)11-4-2-3-5-12(11)13;2*1-8-7-5-3-2-4-6-7;;;;/h4*2-5,8H,7H2,1H3;2*2-6H,1H3;2*1H;;/q4*-1;;;;;2*+2/p-2. The van der Waals surface area contributed by atoms with E-state index in [-0.39, 0.29) is 59.0 Å². The van der Waals surface area contributed by atoms with Gasteiger partial charge in [-0.15, -0.1) is 48.0 Å². The molecule has 10 rings (SSSR count). The summed E-state index contributed by atoms with van der Waals surface area (Å²) < 4.78 is 53.2. The second-order valence-electron chi connectivity index (χ2n) is 16.7. The molecule has 364 valence electrons. The molecule has 6 aromatic rings. The van der Waals surface area contributed by atoms with Crippen LogP contribution in [0.25, 0.3) is 22.3 Å². The Bertz CT molecular complexity index is 2660. The summed E-state index contributed by atoms with van der Waals surface area (Å²) in [6, 6.07) is 49.0. The molecule has 72 heavy (non-hydrogen) atoms. The summed E-state index contributed by atoms with van der Waals surface area (Å²) in [5.41, 5.74) is 11.0. The van der Waals surface area contributed by atoms with Gasteiger partial charge in [0.1, 0.15) is 23.3 Å². The quantitative estimate of drug-likeness (QED) is 0.0887. The van der Waals surface area contributed by atoms with E-state index in [0.29, 0.717) is 22.3 Å². The summed E-state index contributed by atoms with van der Waals surface area (Å²) in [6.07, 6.45) is 23.5. The van der Waals surface area contributed by atoms with E-state index in [1.54, 1.807) is 106 Å². The molecule has 0 amide bonds. The average molecular weight is 1190 g/mol. The van der Waals surface area contributed by atoms with E-state index in [1.807, 2.05) is 76.3 Å². The maximum atomic E-state index is 13.3. The van der Waals surface area contributed by atoms with Crippen molar-refractivity contribution in [3.8, 4) is 0 Å². The summed E-state index contributed by atoms with van der Waals surface area (Å²) in [5.74, 6) is -0.592. The van der Waals surface area contributed by atoms with Crippen LogP contribution in [0.3, 0.4) is 0 Å². The second-order valence-corrected chi connectivity index (χ2v) is 31.4. The van der Waals surface area contributed by atoms with E-state index < -0.39 is 0 Å². The minimum Gasteiger partial charge on any atom is -1.00 e. The maximum absolute atomic E-state index is 13.3. The van der Waals surface area contributed by atoms with E-state index >= 15 is 0 Å². The van der Waals surface area contributed by atoms with Gasteiger partial charge in [0.25, 0.3) is 0 Å². The fourth-order valence-corrected chi connectivity index (χ4v) is 11.2. The van der Waals surface area contributed by atoms with E-state index in [9.17, 15) is 17.6 Å². The number of benzene rings is 6. The monoisotopic (exact) mass is 1180 g/mol. The number of hydrogen-bond acceptors (Lipinski definition) is 0. The van der Waals surface area contributed by atoms with Gasteiger partial charge in [-0.25, -0.2) is 64.2 Å². The molecule has 0 fully saturated rings. The zero-order chi connectivity index (χ0) is 50.4. The zero-order valence-corrected chi connectivity index (χ0v) is 49.8. The van der Waals surface area contributed by atoms with Gasteiger partial charge >= 0.3 is 142 Å². The van der Waals surface area contributed by atoms with Crippen LogP contribution >= 0.6 is 0 Å². The van der Waals surface area contributed by atoms with Crippen molar-refractivity contribution < 1.29 is 89.0 Å². The smallest absolute Gasteiger partial charge is 1.00 e. The first-order chi connectivity index (χ1) is 33.7. The minimum atomic E-state index is -0.148. The van der Waals surface area contributed by atoms with Crippen LogP contribution in [-0.2, 0) is 46.7 Å². The molecule has 0 nitrogen and oxygen atoms in total. The molecule has 0 heterocycles. The second kappa shape index (κ2) is 32.8. The molecule has 0 aromatic heterocycles. The van der Waals surface area contributed by atoms with Crippen LogP contribution in [0.4, 0.5) is 17.6 Å². The van der Waals surface area contributed by atoms with Crippen molar-refractivity contribution in [3.05, 3.63) is 274 Å². The van der Waals surface area contributed by atoms with Crippen LogP contribution in [0.15, 0.2) is 204 Å². The Morgan fingerprint density at radius 3 is 0.681 bits per heavy atom. The van der Waals surface area contributed by atoms with Gasteiger partial charge in [0.2, 0.25) is 0 Å². The van der Waals surface area contributed by atoms with Gasteiger partial charge in [0.15, 0.2) is 0 Å². The molecule has 0 saturated heterocycles. The molecule has 0 spiro atoms. The average Bonchev–Trinajstić information content (AvgIpc) is 4.21. The Labute approximate surface area is 468 Å². The number of halogens is 6. The third-order valence-electron chi connectivity index (χ3n) is 11.1. The molecule has 0 aliphatic heterocycles. The molecule has 6 aromatic carbocycles. The van der Waals surface area contributed by atoms with Crippen LogP contribution < -0.4 is 35.2 Å². The van der Waals surface area contributed by atoms with Gasteiger partial charge in [-0.3, -0.25) is 24.3 Å². The van der Waals surface area contributed by atoms with E-state index in [4.69, 9.17) is 0 Å². The largest absolute Gasteiger partial charge is 1.00 e. The fraction of sp³-hybridized carbons (Fsp3) is 0.161. The molecule has 4 aliphatic carbocycles. The predicted octanol–water partition coefficient (Wildman–Crippen LogP) is 9.58. The van der Waals surface area contributed by atoms with Crippen molar-refractivity contribution in [3.63, 3.8) is 0 Å². The van der Waals surface area contributed by atoms with E-state index in [0.717, 1.165) is 70.3 Å².